The predicted molar refractivity (Wildman–Crippen MR) is 114 cm³/mol. The minimum atomic E-state index is -0.135. The average Bonchev–Trinajstić information content (AvgIpc) is 2.61. The summed E-state index contributed by atoms with van der Waals surface area (Å²) in [5.74, 6) is -0.135. The second kappa shape index (κ2) is 15.7. The standard InChI is InChI=1S/C24H40O2/c1-7-20(3)12-9-13-21(4)14-10-15-22(5)16-11-17-23(6)18-19-26-24(25)8-2/h12,14,16,18H,7-11,13,15,17,19H2,1-6H3. The molecule has 0 radical (unpaired) electrons. The summed E-state index contributed by atoms with van der Waals surface area (Å²) >= 11 is 0. The van der Waals surface area contributed by atoms with Crippen molar-refractivity contribution in [2.45, 2.75) is 92.9 Å². The number of carbonyl (C=O) groups is 1. The first-order chi connectivity index (χ1) is 12.4. The van der Waals surface area contributed by atoms with Crippen LogP contribution in [0.5, 0.6) is 0 Å². The Morgan fingerprint density at radius 1 is 0.654 bits per heavy atom. The lowest BCUT2D eigenvalue weighted by molar-refractivity contribution is -0.141. The molecule has 0 unspecified atom stereocenters. The molecule has 0 spiro atoms. The van der Waals surface area contributed by atoms with Gasteiger partial charge in [0.2, 0.25) is 0 Å². The van der Waals surface area contributed by atoms with Crippen molar-refractivity contribution in [3.8, 4) is 0 Å². The first kappa shape index (κ1) is 24.4. The second-order valence-corrected chi connectivity index (χ2v) is 7.21. The zero-order chi connectivity index (χ0) is 19.8. The molecule has 0 rings (SSSR count). The van der Waals surface area contributed by atoms with E-state index in [0.29, 0.717) is 13.0 Å². The zero-order valence-electron chi connectivity index (χ0n) is 18.0. The molecular weight excluding hydrogens is 320 g/mol. The van der Waals surface area contributed by atoms with E-state index in [1.165, 1.54) is 28.7 Å². The highest BCUT2D eigenvalue weighted by Crippen LogP contribution is 2.13. The molecule has 0 aromatic carbocycles. The molecule has 0 atom stereocenters. The van der Waals surface area contributed by atoms with Crippen LogP contribution in [0.3, 0.4) is 0 Å². The molecule has 2 heteroatoms. The summed E-state index contributed by atoms with van der Waals surface area (Å²) in [4.78, 5) is 11.1. The monoisotopic (exact) mass is 360 g/mol. The normalized spacial score (nSPS) is 13.9. The molecule has 26 heavy (non-hydrogen) atoms. The van der Waals surface area contributed by atoms with Crippen molar-refractivity contribution in [1.29, 1.82) is 0 Å². The number of rotatable bonds is 13. The van der Waals surface area contributed by atoms with Crippen molar-refractivity contribution < 1.29 is 9.53 Å². The molecule has 0 fully saturated rings. The van der Waals surface area contributed by atoms with Gasteiger partial charge in [-0.3, -0.25) is 4.79 Å². The fourth-order valence-corrected chi connectivity index (χ4v) is 2.47. The van der Waals surface area contributed by atoms with Crippen LogP contribution in [0.15, 0.2) is 46.6 Å². The average molecular weight is 361 g/mol. The third-order valence-electron chi connectivity index (χ3n) is 4.62. The summed E-state index contributed by atoms with van der Waals surface area (Å²) in [6, 6.07) is 0. The SMILES string of the molecule is CCC(=O)OCC=C(C)CCC=C(C)CCC=C(C)CCC=C(C)CC. The van der Waals surface area contributed by atoms with E-state index in [4.69, 9.17) is 4.74 Å². The Hall–Kier alpha value is -1.57. The van der Waals surface area contributed by atoms with E-state index < -0.39 is 0 Å². The molecule has 0 aliphatic rings. The topological polar surface area (TPSA) is 26.3 Å². The number of hydrogen-bond acceptors (Lipinski definition) is 2. The summed E-state index contributed by atoms with van der Waals surface area (Å²) in [5.41, 5.74) is 5.73. The van der Waals surface area contributed by atoms with Crippen LogP contribution >= 0.6 is 0 Å². The Kier molecular flexibility index (Phi) is 14.7. The van der Waals surface area contributed by atoms with Crippen LogP contribution in [-0.2, 0) is 9.53 Å². The number of allylic oxidation sites excluding steroid dienone is 7. The van der Waals surface area contributed by atoms with Crippen molar-refractivity contribution in [2.75, 3.05) is 6.61 Å². The maximum absolute atomic E-state index is 11.1. The van der Waals surface area contributed by atoms with Crippen LogP contribution < -0.4 is 0 Å². The maximum Gasteiger partial charge on any atom is 0.305 e. The van der Waals surface area contributed by atoms with Gasteiger partial charge >= 0.3 is 5.97 Å². The van der Waals surface area contributed by atoms with Crippen LogP contribution in [0, 0.1) is 0 Å². The third-order valence-corrected chi connectivity index (χ3v) is 4.62. The summed E-state index contributed by atoms with van der Waals surface area (Å²) in [7, 11) is 0. The molecule has 0 N–H and O–H groups in total. The maximum atomic E-state index is 11.1. The molecule has 0 saturated heterocycles. The number of hydrogen-bond donors (Lipinski definition) is 0. The molecule has 0 saturated carbocycles. The van der Waals surface area contributed by atoms with Crippen molar-refractivity contribution in [1.82, 2.24) is 0 Å². The Balaban J connectivity index is 4.01. The van der Waals surface area contributed by atoms with Gasteiger partial charge in [-0.15, -0.1) is 0 Å². The van der Waals surface area contributed by atoms with E-state index in [1.807, 2.05) is 13.0 Å². The summed E-state index contributed by atoms with van der Waals surface area (Å²) in [6.07, 6.45) is 17.4. The van der Waals surface area contributed by atoms with Gasteiger partial charge in [0.05, 0.1) is 0 Å². The van der Waals surface area contributed by atoms with E-state index in [1.54, 1.807) is 0 Å². The lowest BCUT2D eigenvalue weighted by Crippen LogP contribution is -2.02. The fourth-order valence-electron chi connectivity index (χ4n) is 2.47. The van der Waals surface area contributed by atoms with Crippen molar-refractivity contribution >= 4 is 5.97 Å². The van der Waals surface area contributed by atoms with Crippen LogP contribution in [0.2, 0.25) is 0 Å². The summed E-state index contributed by atoms with van der Waals surface area (Å²) in [5, 5.41) is 0. The molecule has 0 bridgehead atoms. The molecule has 0 amide bonds. The van der Waals surface area contributed by atoms with Gasteiger partial charge in [0.25, 0.3) is 0 Å². The number of carbonyl (C=O) groups excluding carboxylic acids is 1. The molecule has 0 aromatic heterocycles. The van der Waals surface area contributed by atoms with Crippen LogP contribution in [0.1, 0.15) is 92.9 Å². The first-order valence-corrected chi connectivity index (χ1v) is 10.2. The van der Waals surface area contributed by atoms with Gasteiger partial charge in [-0.2, -0.15) is 0 Å². The van der Waals surface area contributed by atoms with Gasteiger partial charge in [0.1, 0.15) is 6.61 Å². The first-order valence-electron chi connectivity index (χ1n) is 10.2. The highest BCUT2D eigenvalue weighted by molar-refractivity contribution is 5.68. The minimum absolute atomic E-state index is 0.135. The fraction of sp³-hybridized carbons (Fsp3) is 0.625. The van der Waals surface area contributed by atoms with Gasteiger partial charge in [0, 0.05) is 6.42 Å². The lowest BCUT2D eigenvalue weighted by Gasteiger charge is -2.03. The van der Waals surface area contributed by atoms with Crippen molar-refractivity contribution in [3.63, 3.8) is 0 Å². The molecule has 0 aromatic rings. The summed E-state index contributed by atoms with van der Waals surface area (Å²) < 4.78 is 5.07. The van der Waals surface area contributed by atoms with E-state index in [9.17, 15) is 4.79 Å². The predicted octanol–water partition coefficient (Wildman–Crippen LogP) is 7.48. The van der Waals surface area contributed by atoms with E-state index in [-0.39, 0.29) is 5.97 Å². The largest absolute Gasteiger partial charge is 0.461 e. The lowest BCUT2D eigenvalue weighted by atomic mass is 10.0. The molecule has 0 aliphatic heterocycles. The van der Waals surface area contributed by atoms with Crippen LogP contribution in [0.4, 0.5) is 0 Å². The highest BCUT2D eigenvalue weighted by Gasteiger charge is 1.96. The van der Waals surface area contributed by atoms with Gasteiger partial charge < -0.3 is 4.74 Å². The number of esters is 1. The molecule has 0 heterocycles. The smallest absolute Gasteiger partial charge is 0.305 e. The zero-order valence-corrected chi connectivity index (χ0v) is 18.0. The van der Waals surface area contributed by atoms with Gasteiger partial charge in [-0.25, -0.2) is 0 Å². The minimum Gasteiger partial charge on any atom is -0.461 e. The highest BCUT2D eigenvalue weighted by atomic mass is 16.5. The third kappa shape index (κ3) is 14.7. The molecule has 0 aliphatic carbocycles. The quantitative estimate of drug-likeness (QED) is 0.251. The van der Waals surface area contributed by atoms with Gasteiger partial charge in [-0.05, 0) is 78.7 Å². The second-order valence-electron chi connectivity index (χ2n) is 7.21. The van der Waals surface area contributed by atoms with Crippen molar-refractivity contribution in [3.05, 3.63) is 46.6 Å². The van der Waals surface area contributed by atoms with Crippen molar-refractivity contribution in [2.24, 2.45) is 0 Å². The Morgan fingerprint density at radius 2 is 1.08 bits per heavy atom. The Morgan fingerprint density at radius 3 is 1.50 bits per heavy atom. The van der Waals surface area contributed by atoms with Gasteiger partial charge in [-0.1, -0.05) is 54.4 Å². The van der Waals surface area contributed by atoms with Crippen LogP contribution in [0.25, 0.3) is 0 Å². The van der Waals surface area contributed by atoms with Crippen LogP contribution in [-0.4, -0.2) is 12.6 Å². The van der Waals surface area contributed by atoms with Gasteiger partial charge in [0.15, 0.2) is 0 Å². The van der Waals surface area contributed by atoms with E-state index >= 15 is 0 Å². The van der Waals surface area contributed by atoms with E-state index in [2.05, 4.69) is 52.8 Å². The Bertz CT molecular complexity index is 518. The van der Waals surface area contributed by atoms with E-state index in [0.717, 1.165) is 38.5 Å². The number of ether oxygens (including phenoxy) is 1. The molecule has 2 nitrogen and oxygen atoms in total. The summed E-state index contributed by atoms with van der Waals surface area (Å²) in [6.45, 7) is 13.2. The Labute approximate surface area is 162 Å². The molecular formula is C24H40O2. The molecule has 148 valence electrons.